The molecule has 0 aliphatic carbocycles. The van der Waals surface area contributed by atoms with Crippen molar-refractivity contribution in [3.05, 3.63) is 39.8 Å². The number of hydrogen-bond donors (Lipinski definition) is 2. The van der Waals surface area contributed by atoms with Gasteiger partial charge in [-0.1, -0.05) is 6.92 Å². The summed E-state index contributed by atoms with van der Waals surface area (Å²) in [5, 5.41) is 0. The van der Waals surface area contributed by atoms with Crippen LogP contribution in [0, 0.1) is 6.92 Å². The summed E-state index contributed by atoms with van der Waals surface area (Å²) >= 11 is 1.13. The highest BCUT2D eigenvalue weighted by Crippen LogP contribution is 2.32. The van der Waals surface area contributed by atoms with Gasteiger partial charge in [-0.3, -0.25) is 9.69 Å². The molecule has 6 nitrogen and oxygen atoms in total. The maximum atomic E-state index is 13.2. The molecule has 0 unspecified atom stereocenters. The first-order chi connectivity index (χ1) is 13.6. The zero-order valence-electron chi connectivity index (χ0n) is 16.8. The largest absolute Gasteiger partial charge is 0.326 e. The topological polar surface area (TPSA) is 82.3 Å². The van der Waals surface area contributed by atoms with Gasteiger partial charge in [-0.15, -0.1) is 23.7 Å². The van der Waals surface area contributed by atoms with Gasteiger partial charge in [-0.25, -0.2) is 21.9 Å². The molecule has 1 aliphatic heterocycles. The fraction of sp³-hybridized carbons (Fsp3) is 0.526. The fourth-order valence-corrected chi connectivity index (χ4v) is 5.87. The van der Waals surface area contributed by atoms with Gasteiger partial charge in [0.25, 0.3) is 11.5 Å². The minimum Gasteiger partial charge on any atom is -0.326 e. The molecule has 2 aromatic rings. The van der Waals surface area contributed by atoms with E-state index in [1.165, 1.54) is 0 Å². The van der Waals surface area contributed by atoms with Gasteiger partial charge in [-0.2, -0.15) is 0 Å². The monoisotopic (exact) mass is 481 g/mol. The third-order valence-corrected chi connectivity index (χ3v) is 8.07. The number of nitrogens with one attached hydrogen (secondary N) is 2. The lowest BCUT2D eigenvalue weighted by molar-refractivity contribution is 0.0122. The Kier molecular flexibility index (Phi) is 8.20. The van der Waals surface area contributed by atoms with E-state index in [1.54, 1.807) is 30.0 Å². The summed E-state index contributed by atoms with van der Waals surface area (Å²) in [5.41, 5.74) is 2.01. The number of rotatable bonds is 8. The van der Waals surface area contributed by atoms with E-state index in [0.29, 0.717) is 37.2 Å². The first-order valence-electron chi connectivity index (χ1n) is 9.54. The molecule has 1 saturated heterocycles. The average Bonchev–Trinajstić information content (AvgIpc) is 3.26. The molecule has 0 spiro atoms. The van der Waals surface area contributed by atoms with Gasteiger partial charge in [0.15, 0.2) is 0 Å². The Bertz CT molecular complexity index is 1040. The lowest BCUT2D eigenvalue weighted by atomic mass is 10.1. The molecule has 0 aromatic carbocycles. The van der Waals surface area contributed by atoms with Crippen LogP contribution in [0.25, 0.3) is 10.4 Å². The summed E-state index contributed by atoms with van der Waals surface area (Å²) in [4.78, 5) is 17.1. The van der Waals surface area contributed by atoms with E-state index in [0.717, 1.165) is 21.8 Å². The summed E-state index contributed by atoms with van der Waals surface area (Å²) in [7, 11) is -3.67. The maximum Gasteiger partial charge on any atom is 0.261 e. The maximum absolute atomic E-state index is 13.2. The van der Waals surface area contributed by atoms with Crippen molar-refractivity contribution < 1.29 is 17.2 Å². The van der Waals surface area contributed by atoms with Gasteiger partial charge in [0, 0.05) is 41.2 Å². The average molecular weight is 482 g/mol. The first kappa shape index (κ1) is 24.9. The molecule has 0 saturated carbocycles. The van der Waals surface area contributed by atoms with Gasteiger partial charge in [0.2, 0.25) is 10.0 Å². The third kappa shape index (κ3) is 5.88. The van der Waals surface area contributed by atoms with Crippen LogP contribution in [0.4, 0.5) is 8.78 Å². The molecule has 3 heterocycles. The number of aryl methyl sites for hydroxylation is 2. The van der Waals surface area contributed by atoms with E-state index in [1.807, 2.05) is 6.92 Å². The number of likely N-dealkylation sites (tertiary alicyclic amines) is 1. The van der Waals surface area contributed by atoms with Gasteiger partial charge in [0.1, 0.15) is 4.21 Å². The molecule has 11 heteroatoms. The van der Waals surface area contributed by atoms with Crippen molar-refractivity contribution in [1.82, 2.24) is 14.6 Å². The molecule has 2 aromatic heterocycles. The van der Waals surface area contributed by atoms with Crippen LogP contribution in [0.3, 0.4) is 0 Å². The zero-order chi connectivity index (χ0) is 21.2. The predicted molar refractivity (Wildman–Crippen MR) is 118 cm³/mol. The van der Waals surface area contributed by atoms with Gasteiger partial charge < -0.3 is 4.98 Å². The summed E-state index contributed by atoms with van der Waals surface area (Å²) in [5.74, 6) is -2.63. The second-order valence-corrected chi connectivity index (χ2v) is 10.3. The number of halogens is 3. The second-order valence-electron chi connectivity index (χ2n) is 7.27. The first-order valence-corrected chi connectivity index (χ1v) is 11.8. The highest BCUT2D eigenvalue weighted by Gasteiger charge is 2.37. The molecule has 0 amide bonds. The molecule has 1 fully saturated rings. The van der Waals surface area contributed by atoms with E-state index in [4.69, 9.17) is 0 Å². The number of alkyl halides is 2. The Labute approximate surface area is 185 Å². The number of hydrogen-bond acceptors (Lipinski definition) is 5. The second kappa shape index (κ2) is 9.86. The van der Waals surface area contributed by atoms with E-state index in [9.17, 15) is 22.0 Å². The Morgan fingerprint density at radius 2 is 2.07 bits per heavy atom. The predicted octanol–water partition coefficient (Wildman–Crippen LogP) is 3.41. The van der Waals surface area contributed by atoms with E-state index < -0.39 is 15.9 Å². The Hall–Kier alpha value is -1.33. The van der Waals surface area contributed by atoms with Crippen molar-refractivity contribution in [2.24, 2.45) is 0 Å². The molecule has 2 N–H and O–H groups in total. The van der Waals surface area contributed by atoms with Crippen LogP contribution in [0.2, 0.25) is 0 Å². The number of sulfonamides is 1. The smallest absolute Gasteiger partial charge is 0.261 e. The van der Waals surface area contributed by atoms with Crippen molar-refractivity contribution in [2.45, 2.75) is 43.2 Å². The van der Waals surface area contributed by atoms with Crippen molar-refractivity contribution in [1.29, 1.82) is 0 Å². The molecule has 1 aliphatic rings. The minimum absolute atomic E-state index is 0. The van der Waals surface area contributed by atoms with Crippen molar-refractivity contribution in [3.8, 4) is 10.4 Å². The molecule has 168 valence electrons. The number of aromatic nitrogens is 1. The molecule has 30 heavy (non-hydrogen) atoms. The van der Waals surface area contributed by atoms with E-state index in [-0.39, 0.29) is 41.7 Å². The van der Waals surface area contributed by atoms with E-state index in [2.05, 4.69) is 9.71 Å². The molecule has 3 rings (SSSR count). The summed E-state index contributed by atoms with van der Waals surface area (Å²) in [6, 6.07) is 5.07. The van der Waals surface area contributed by atoms with Gasteiger partial charge in [-0.05, 0) is 44.5 Å². The number of aromatic amines is 1. The molecular formula is C19H26ClF2N3O3S2. The normalized spacial score (nSPS) is 16.5. The molecular weight excluding hydrogens is 456 g/mol. The van der Waals surface area contributed by atoms with Gasteiger partial charge >= 0.3 is 0 Å². The standard InChI is InChI=1S/C19H25F2N3O3S2.ClH/c1-3-14-11-15(13(2)23-18(14)25)16-5-6-17(28-16)29(26,27)22-8-4-9-24-10-7-19(20,21)12-24;/h5-6,11,22H,3-4,7-10,12H2,1-2H3,(H,23,25);1H. The minimum atomic E-state index is -3.67. The Balaban J connectivity index is 0.00000320. The summed E-state index contributed by atoms with van der Waals surface area (Å²) in [6.07, 6.45) is 0.913. The van der Waals surface area contributed by atoms with Crippen LogP contribution in [-0.2, 0) is 16.4 Å². The van der Waals surface area contributed by atoms with Crippen LogP contribution in [0.15, 0.2) is 27.2 Å². The van der Waals surface area contributed by atoms with E-state index >= 15 is 0 Å². The summed E-state index contributed by atoms with van der Waals surface area (Å²) < 4.78 is 54.2. The van der Waals surface area contributed by atoms with Crippen LogP contribution >= 0.6 is 23.7 Å². The zero-order valence-corrected chi connectivity index (χ0v) is 19.3. The van der Waals surface area contributed by atoms with Crippen LogP contribution in [0.5, 0.6) is 0 Å². The summed E-state index contributed by atoms with van der Waals surface area (Å²) in [6.45, 7) is 4.38. The number of nitrogens with zero attached hydrogens (tertiary/aromatic N) is 1. The SMILES string of the molecule is CCc1cc(-c2ccc(S(=O)(=O)NCCCN3CCC(F)(F)C3)s2)c(C)[nH]c1=O.Cl. The van der Waals surface area contributed by atoms with Gasteiger partial charge in [0.05, 0.1) is 6.54 Å². The third-order valence-electron chi connectivity index (χ3n) is 5.00. The molecule has 0 atom stereocenters. The van der Waals surface area contributed by atoms with Crippen molar-refractivity contribution in [3.63, 3.8) is 0 Å². The van der Waals surface area contributed by atoms with Crippen LogP contribution in [0.1, 0.15) is 31.0 Å². The lowest BCUT2D eigenvalue weighted by Crippen LogP contribution is -2.30. The Morgan fingerprint density at radius 3 is 2.70 bits per heavy atom. The van der Waals surface area contributed by atoms with Crippen molar-refractivity contribution in [2.75, 3.05) is 26.2 Å². The van der Waals surface area contributed by atoms with Crippen LogP contribution < -0.4 is 10.3 Å². The number of H-pyrrole nitrogens is 1. The lowest BCUT2D eigenvalue weighted by Gasteiger charge is -2.15. The molecule has 0 bridgehead atoms. The Morgan fingerprint density at radius 1 is 1.33 bits per heavy atom. The van der Waals surface area contributed by atoms with Crippen LogP contribution in [-0.4, -0.2) is 50.4 Å². The van der Waals surface area contributed by atoms with Crippen molar-refractivity contribution >= 4 is 33.8 Å². The highest BCUT2D eigenvalue weighted by atomic mass is 35.5. The number of pyridine rings is 1. The molecule has 0 radical (unpaired) electrons. The number of thiophene rings is 1. The highest BCUT2D eigenvalue weighted by molar-refractivity contribution is 7.91. The fourth-order valence-electron chi connectivity index (χ4n) is 3.37. The quantitative estimate of drug-likeness (QED) is 0.566.